The van der Waals surface area contributed by atoms with Crippen LogP contribution in [0.4, 0.5) is 14.5 Å². The molecule has 116 valence electrons. The summed E-state index contributed by atoms with van der Waals surface area (Å²) in [5.41, 5.74) is 1.24. The lowest BCUT2D eigenvalue weighted by atomic mass is 10.1. The first-order valence-corrected chi connectivity index (χ1v) is 6.73. The van der Waals surface area contributed by atoms with E-state index in [1.165, 1.54) is 31.2 Å². The van der Waals surface area contributed by atoms with Crippen molar-refractivity contribution in [2.75, 3.05) is 0 Å². The highest BCUT2D eigenvalue weighted by molar-refractivity contribution is 5.94. The average molecular weight is 315 g/mol. The van der Waals surface area contributed by atoms with Crippen LogP contribution < -0.4 is 0 Å². The monoisotopic (exact) mass is 315 g/mol. The molecule has 2 aromatic carbocycles. The number of azo groups is 1. The number of hydrogen-bond donors (Lipinski definition) is 0. The number of Topliss-reactive ketones (excluding diaryl/α,β-unsaturated/α-hetero) is 1. The summed E-state index contributed by atoms with van der Waals surface area (Å²) in [4.78, 5) is 14.9. The lowest BCUT2D eigenvalue weighted by Crippen LogP contribution is -2.09. The second kappa shape index (κ2) is 5.68. The Balaban J connectivity index is 1.85. The minimum Gasteiger partial charge on any atom is -0.433 e. The first-order valence-electron chi connectivity index (χ1n) is 6.73. The van der Waals surface area contributed by atoms with E-state index in [1.54, 1.807) is 24.3 Å². The summed E-state index contributed by atoms with van der Waals surface area (Å²) in [6, 6.07) is 8.61. The van der Waals surface area contributed by atoms with E-state index in [0.717, 1.165) is 0 Å². The molecule has 3 rings (SSSR count). The lowest BCUT2D eigenvalue weighted by molar-refractivity contribution is -0.0271. The Kier molecular flexibility index (Phi) is 3.69. The van der Waals surface area contributed by atoms with E-state index in [0.29, 0.717) is 11.1 Å². The maximum atomic E-state index is 14.0. The van der Waals surface area contributed by atoms with Gasteiger partial charge in [-0.15, -0.1) is 10.2 Å². The number of aromatic nitrogens is 1. The number of oxazole rings is 1. The Morgan fingerprint density at radius 1 is 1.13 bits per heavy atom. The SMILES string of the molecule is CC(=O)c1ccc(N=NC(F)(F)c2nc3ccccc3o2)cc1. The average Bonchev–Trinajstić information content (AvgIpc) is 2.98. The maximum Gasteiger partial charge on any atom is 0.436 e. The molecule has 0 aliphatic carbocycles. The number of para-hydroxylation sites is 2. The molecule has 0 saturated carbocycles. The van der Waals surface area contributed by atoms with Gasteiger partial charge in [-0.1, -0.05) is 12.1 Å². The highest BCUT2D eigenvalue weighted by atomic mass is 19.3. The number of fused-ring (bicyclic) bond motifs is 1. The third-order valence-electron chi connectivity index (χ3n) is 3.12. The van der Waals surface area contributed by atoms with Crippen molar-refractivity contribution in [1.29, 1.82) is 0 Å². The number of halogens is 2. The normalized spacial score (nSPS) is 12.1. The van der Waals surface area contributed by atoms with Crippen molar-refractivity contribution in [1.82, 2.24) is 4.98 Å². The molecule has 0 radical (unpaired) electrons. The molecule has 0 spiro atoms. The van der Waals surface area contributed by atoms with Gasteiger partial charge in [-0.3, -0.25) is 4.79 Å². The predicted octanol–water partition coefficient (Wildman–Crippen LogP) is 4.86. The number of nitrogens with zero attached hydrogens (tertiary/aromatic N) is 3. The van der Waals surface area contributed by atoms with Crippen LogP contribution in [0.25, 0.3) is 11.1 Å². The highest BCUT2D eigenvalue weighted by Gasteiger charge is 2.38. The van der Waals surface area contributed by atoms with Crippen LogP contribution in [0.1, 0.15) is 23.2 Å². The molecule has 0 amide bonds. The smallest absolute Gasteiger partial charge is 0.433 e. The zero-order chi connectivity index (χ0) is 16.4. The van der Waals surface area contributed by atoms with Crippen molar-refractivity contribution < 1.29 is 18.0 Å². The van der Waals surface area contributed by atoms with Gasteiger partial charge in [0.05, 0.1) is 5.69 Å². The van der Waals surface area contributed by atoms with E-state index in [-0.39, 0.29) is 17.1 Å². The summed E-state index contributed by atoms with van der Waals surface area (Å²) in [7, 11) is 0. The van der Waals surface area contributed by atoms with Crippen molar-refractivity contribution >= 4 is 22.6 Å². The first-order chi connectivity index (χ1) is 11.0. The van der Waals surface area contributed by atoms with Gasteiger partial charge in [-0.05, 0) is 43.3 Å². The van der Waals surface area contributed by atoms with Gasteiger partial charge in [0.15, 0.2) is 11.4 Å². The van der Waals surface area contributed by atoms with Crippen LogP contribution in [0, 0.1) is 0 Å². The summed E-state index contributed by atoms with van der Waals surface area (Å²) in [6.07, 6.45) is 0. The molecule has 0 aliphatic heterocycles. The van der Waals surface area contributed by atoms with Gasteiger partial charge >= 0.3 is 6.05 Å². The van der Waals surface area contributed by atoms with Gasteiger partial charge in [-0.25, -0.2) is 4.98 Å². The summed E-state index contributed by atoms with van der Waals surface area (Å²) < 4.78 is 33.0. The Morgan fingerprint density at radius 3 is 2.48 bits per heavy atom. The van der Waals surface area contributed by atoms with E-state index in [2.05, 4.69) is 15.2 Å². The van der Waals surface area contributed by atoms with Crippen LogP contribution in [0.15, 0.2) is 63.2 Å². The molecule has 3 aromatic rings. The standard InChI is InChI=1S/C16H11F2N3O2/c1-10(22)11-6-8-12(9-7-11)20-21-16(17,18)15-19-13-4-2-3-5-14(13)23-15/h2-9H,1H3. The number of ketones is 1. The fourth-order valence-electron chi connectivity index (χ4n) is 1.93. The van der Waals surface area contributed by atoms with Crippen molar-refractivity contribution in [2.24, 2.45) is 10.2 Å². The summed E-state index contributed by atoms with van der Waals surface area (Å²) in [5.74, 6) is -0.937. The maximum absolute atomic E-state index is 14.0. The van der Waals surface area contributed by atoms with Crippen LogP contribution in [0.5, 0.6) is 0 Å². The molecule has 7 heteroatoms. The number of carbonyl (C=O) groups excluding carboxylic acids is 1. The summed E-state index contributed by atoms with van der Waals surface area (Å²) in [6.45, 7) is 1.41. The second-order valence-corrected chi connectivity index (χ2v) is 4.83. The predicted molar refractivity (Wildman–Crippen MR) is 78.9 cm³/mol. The summed E-state index contributed by atoms with van der Waals surface area (Å²) in [5, 5.41) is 6.51. The van der Waals surface area contributed by atoms with E-state index in [9.17, 15) is 13.6 Å². The molecule has 0 fully saturated rings. The second-order valence-electron chi connectivity index (χ2n) is 4.83. The van der Waals surface area contributed by atoms with E-state index in [4.69, 9.17) is 4.42 Å². The van der Waals surface area contributed by atoms with E-state index < -0.39 is 11.9 Å². The van der Waals surface area contributed by atoms with Gasteiger partial charge in [0, 0.05) is 5.56 Å². The number of benzene rings is 2. The minimum absolute atomic E-state index is 0.120. The Bertz CT molecular complexity index is 853. The van der Waals surface area contributed by atoms with Crippen LogP contribution in [-0.2, 0) is 6.05 Å². The Hall–Kier alpha value is -2.96. The van der Waals surface area contributed by atoms with Gasteiger partial charge in [0.2, 0.25) is 0 Å². The topological polar surface area (TPSA) is 67.8 Å². The van der Waals surface area contributed by atoms with Crippen molar-refractivity contribution in [2.45, 2.75) is 13.0 Å². The van der Waals surface area contributed by atoms with Crippen LogP contribution in [-0.4, -0.2) is 10.8 Å². The molecule has 0 atom stereocenters. The third kappa shape index (κ3) is 3.13. The van der Waals surface area contributed by atoms with Crippen LogP contribution in [0.2, 0.25) is 0 Å². The van der Waals surface area contributed by atoms with Crippen LogP contribution >= 0.6 is 0 Å². The summed E-state index contributed by atoms with van der Waals surface area (Å²) >= 11 is 0. The van der Waals surface area contributed by atoms with E-state index >= 15 is 0 Å². The largest absolute Gasteiger partial charge is 0.436 e. The van der Waals surface area contributed by atoms with Gasteiger partial charge < -0.3 is 4.42 Å². The fourth-order valence-corrected chi connectivity index (χ4v) is 1.93. The highest BCUT2D eigenvalue weighted by Crippen LogP contribution is 2.32. The quantitative estimate of drug-likeness (QED) is 0.392. The molecule has 1 heterocycles. The minimum atomic E-state index is -3.68. The fraction of sp³-hybridized carbons (Fsp3) is 0.125. The van der Waals surface area contributed by atoms with Crippen molar-refractivity contribution in [3.8, 4) is 0 Å². The molecule has 0 aliphatic rings. The Morgan fingerprint density at radius 2 is 1.83 bits per heavy atom. The molecule has 0 N–H and O–H groups in total. The molecule has 5 nitrogen and oxygen atoms in total. The zero-order valence-electron chi connectivity index (χ0n) is 12.0. The molecule has 23 heavy (non-hydrogen) atoms. The van der Waals surface area contributed by atoms with E-state index in [1.807, 2.05) is 0 Å². The van der Waals surface area contributed by atoms with Gasteiger partial charge in [0.25, 0.3) is 5.89 Å². The van der Waals surface area contributed by atoms with Gasteiger partial charge in [0.1, 0.15) is 5.52 Å². The first kappa shape index (κ1) is 15.0. The number of rotatable bonds is 4. The Labute approximate surface area is 129 Å². The molecule has 0 bridgehead atoms. The third-order valence-corrected chi connectivity index (χ3v) is 3.12. The number of carbonyl (C=O) groups is 1. The molecule has 1 aromatic heterocycles. The number of hydrogen-bond acceptors (Lipinski definition) is 5. The zero-order valence-corrected chi connectivity index (χ0v) is 12.0. The van der Waals surface area contributed by atoms with Gasteiger partial charge in [-0.2, -0.15) is 8.78 Å². The molecule has 0 saturated heterocycles. The molecule has 0 unspecified atom stereocenters. The molecular weight excluding hydrogens is 304 g/mol. The lowest BCUT2D eigenvalue weighted by Gasteiger charge is -2.04. The van der Waals surface area contributed by atoms with Crippen LogP contribution in [0.3, 0.4) is 0 Å². The number of alkyl halides is 2. The van der Waals surface area contributed by atoms with Crippen molar-refractivity contribution in [3.63, 3.8) is 0 Å². The van der Waals surface area contributed by atoms with Crippen molar-refractivity contribution in [3.05, 3.63) is 60.0 Å². The molecular formula is C16H11F2N3O2.